The molecule has 0 aliphatic rings. The van der Waals surface area contributed by atoms with E-state index in [1.54, 1.807) is 12.1 Å². The molecule has 0 fully saturated rings. The number of aromatic nitrogens is 2. The molecule has 0 unspecified atom stereocenters. The summed E-state index contributed by atoms with van der Waals surface area (Å²) in [5, 5.41) is 2.20. The van der Waals surface area contributed by atoms with Gasteiger partial charge < -0.3 is 0 Å². The topological polar surface area (TPSA) is 25.8 Å². The Morgan fingerprint density at radius 1 is 1.11 bits per heavy atom. The van der Waals surface area contributed by atoms with Crippen LogP contribution in [0.15, 0.2) is 23.4 Å². The Balaban J connectivity index is 2.66. The van der Waals surface area contributed by atoms with Gasteiger partial charge in [0.1, 0.15) is 5.15 Å². The average Bonchev–Trinajstić information content (AvgIpc) is 2.33. The van der Waals surface area contributed by atoms with Gasteiger partial charge in [0.05, 0.1) is 10.7 Å². The normalized spacial score (nSPS) is 10.7. The number of hydrogen-bond acceptors (Lipinski definition) is 3. The van der Waals surface area contributed by atoms with Crippen molar-refractivity contribution in [1.29, 1.82) is 0 Å². The lowest BCUT2D eigenvalue weighted by atomic mass is 10.1. The van der Waals surface area contributed by atoms with Crippen LogP contribution in [0.5, 0.6) is 0 Å². The Morgan fingerprint density at radius 3 is 2.44 bits per heavy atom. The van der Waals surface area contributed by atoms with E-state index in [1.807, 2.05) is 19.2 Å². The molecular formula is C12H9Cl3N2S. The molecule has 1 aromatic heterocycles. The second kappa shape index (κ2) is 5.66. The van der Waals surface area contributed by atoms with Gasteiger partial charge in [0, 0.05) is 16.1 Å². The van der Waals surface area contributed by atoms with Gasteiger partial charge in [-0.05, 0) is 31.4 Å². The zero-order chi connectivity index (χ0) is 13.3. The molecule has 2 nitrogen and oxygen atoms in total. The number of hydrogen-bond donors (Lipinski definition) is 0. The summed E-state index contributed by atoms with van der Waals surface area (Å²) in [5.41, 5.74) is 2.35. The van der Waals surface area contributed by atoms with E-state index >= 15 is 0 Å². The standard InChI is InChI=1S/C12H9Cl3N2S/c1-6-10(16-12(18-2)17-11(6)15)8-4-3-7(13)5-9(8)14/h3-5H,1-2H3. The predicted octanol–water partition coefficient (Wildman–Crippen LogP) is 5.13. The zero-order valence-corrected chi connectivity index (χ0v) is 12.8. The van der Waals surface area contributed by atoms with Crippen LogP contribution < -0.4 is 0 Å². The van der Waals surface area contributed by atoms with E-state index in [-0.39, 0.29) is 0 Å². The van der Waals surface area contributed by atoms with E-state index in [0.29, 0.717) is 20.4 Å². The first-order valence-electron chi connectivity index (χ1n) is 5.06. The highest BCUT2D eigenvalue weighted by Crippen LogP contribution is 2.33. The van der Waals surface area contributed by atoms with Crippen LogP contribution in [0.4, 0.5) is 0 Å². The summed E-state index contributed by atoms with van der Waals surface area (Å²) in [4.78, 5) is 8.62. The monoisotopic (exact) mass is 318 g/mol. The summed E-state index contributed by atoms with van der Waals surface area (Å²) in [7, 11) is 0. The molecule has 0 saturated carbocycles. The fraction of sp³-hybridized carbons (Fsp3) is 0.167. The highest BCUT2D eigenvalue weighted by molar-refractivity contribution is 7.98. The predicted molar refractivity (Wildman–Crippen MR) is 79.0 cm³/mol. The summed E-state index contributed by atoms with van der Waals surface area (Å²) >= 11 is 19.6. The molecule has 94 valence electrons. The molecule has 2 rings (SSSR count). The summed E-state index contributed by atoms with van der Waals surface area (Å²) in [6.45, 7) is 1.87. The minimum atomic E-state index is 0.440. The molecule has 1 aromatic carbocycles. The number of nitrogens with zero attached hydrogens (tertiary/aromatic N) is 2. The van der Waals surface area contributed by atoms with Gasteiger partial charge in [-0.1, -0.05) is 46.6 Å². The maximum absolute atomic E-state index is 6.19. The van der Waals surface area contributed by atoms with Crippen molar-refractivity contribution in [2.45, 2.75) is 12.1 Å². The van der Waals surface area contributed by atoms with E-state index in [0.717, 1.165) is 16.8 Å². The van der Waals surface area contributed by atoms with Crippen LogP contribution >= 0.6 is 46.6 Å². The molecule has 0 bridgehead atoms. The van der Waals surface area contributed by atoms with E-state index < -0.39 is 0 Å². The third kappa shape index (κ3) is 2.75. The SMILES string of the molecule is CSc1nc(Cl)c(C)c(-c2ccc(Cl)cc2Cl)n1. The molecule has 6 heteroatoms. The summed E-state index contributed by atoms with van der Waals surface area (Å²) in [5.74, 6) is 0. The molecule has 2 aromatic rings. The molecule has 0 amide bonds. The Hall–Kier alpha value is -0.480. The first kappa shape index (κ1) is 13.9. The van der Waals surface area contributed by atoms with Crippen molar-refractivity contribution in [2.75, 3.05) is 6.26 Å². The second-order valence-corrected chi connectivity index (χ2v) is 5.57. The van der Waals surface area contributed by atoms with Gasteiger partial charge >= 0.3 is 0 Å². The fourth-order valence-electron chi connectivity index (χ4n) is 1.51. The smallest absolute Gasteiger partial charge is 0.189 e. The van der Waals surface area contributed by atoms with Crippen molar-refractivity contribution in [3.63, 3.8) is 0 Å². The molecule has 0 aliphatic carbocycles. The molecule has 0 saturated heterocycles. The number of halogens is 3. The van der Waals surface area contributed by atoms with Gasteiger partial charge in [-0.25, -0.2) is 9.97 Å². The van der Waals surface area contributed by atoms with Gasteiger partial charge in [0.15, 0.2) is 5.16 Å². The van der Waals surface area contributed by atoms with Crippen LogP contribution in [0, 0.1) is 6.92 Å². The third-order valence-electron chi connectivity index (χ3n) is 2.43. The summed E-state index contributed by atoms with van der Waals surface area (Å²) in [6.07, 6.45) is 1.90. The Morgan fingerprint density at radius 2 is 1.83 bits per heavy atom. The van der Waals surface area contributed by atoms with E-state index in [9.17, 15) is 0 Å². The quantitative estimate of drug-likeness (QED) is 0.436. The third-order valence-corrected chi connectivity index (χ3v) is 3.90. The second-order valence-electron chi connectivity index (χ2n) is 3.60. The average molecular weight is 320 g/mol. The van der Waals surface area contributed by atoms with Crippen LogP contribution in [0.3, 0.4) is 0 Å². The van der Waals surface area contributed by atoms with Gasteiger partial charge in [-0.3, -0.25) is 0 Å². The Labute approximate surface area is 125 Å². The van der Waals surface area contributed by atoms with Crippen molar-refractivity contribution >= 4 is 46.6 Å². The van der Waals surface area contributed by atoms with E-state index in [2.05, 4.69) is 9.97 Å². The highest BCUT2D eigenvalue weighted by atomic mass is 35.5. The molecule has 1 heterocycles. The minimum absolute atomic E-state index is 0.440. The van der Waals surface area contributed by atoms with Crippen molar-refractivity contribution in [3.8, 4) is 11.3 Å². The van der Waals surface area contributed by atoms with Crippen LogP contribution in [-0.2, 0) is 0 Å². The molecule has 18 heavy (non-hydrogen) atoms. The van der Waals surface area contributed by atoms with Crippen molar-refractivity contribution < 1.29 is 0 Å². The first-order chi connectivity index (χ1) is 8.52. The maximum Gasteiger partial charge on any atom is 0.189 e. The molecule has 0 N–H and O–H groups in total. The highest BCUT2D eigenvalue weighted by Gasteiger charge is 2.13. The van der Waals surface area contributed by atoms with Gasteiger partial charge in [0.25, 0.3) is 0 Å². The molecule has 0 radical (unpaired) electrons. The lowest BCUT2D eigenvalue weighted by molar-refractivity contribution is 0.960. The van der Waals surface area contributed by atoms with Crippen molar-refractivity contribution in [2.24, 2.45) is 0 Å². The molecule has 0 spiro atoms. The van der Waals surface area contributed by atoms with Crippen LogP contribution in [0.2, 0.25) is 15.2 Å². The Kier molecular flexibility index (Phi) is 4.38. The fourth-order valence-corrected chi connectivity index (χ4v) is 2.59. The molecular weight excluding hydrogens is 311 g/mol. The first-order valence-corrected chi connectivity index (χ1v) is 7.42. The lowest BCUT2D eigenvalue weighted by Gasteiger charge is -2.10. The Bertz CT molecular complexity index is 602. The van der Waals surface area contributed by atoms with Gasteiger partial charge in [-0.2, -0.15) is 0 Å². The van der Waals surface area contributed by atoms with E-state index in [4.69, 9.17) is 34.8 Å². The van der Waals surface area contributed by atoms with Gasteiger partial charge in [0.2, 0.25) is 0 Å². The summed E-state index contributed by atoms with van der Waals surface area (Å²) < 4.78 is 0. The number of benzene rings is 1. The lowest BCUT2D eigenvalue weighted by Crippen LogP contribution is -1.96. The van der Waals surface area contributed by atoms with Crippen LogP contribution in [0.25, 0.3) is 11.3 Å². The minimum Gasteiger partial charge on any atom is -0.222 e. The summed E-state index contributed by atoms with van der Waals surface area (Å²) in [6, 6.07) is 5.30. The zero-order valence-electron chi connectivity index (χ0n) is 9.67. The van der Waals surface area contributed by atoms with Gasteiger partial charge in [-0.15, -0.1) is 0 Å². The number of rotatable bonds is 2. The van der Waals surface area contributed by atoms with Crippen LogP contribution in [0.1, 0.15) is 5.56 Å². The van der Waals surface area contributed by atoms with Crippen molar-refractivity contribution in [1.82, 2.24) is 9.97 Å². The molecule has 0 aliphatic heterocycles. The van der Waals surface area contributed by atoms with Crippen LogP contribution in [-0.4, -0.2) is 16.2 Å². The van der Waals surface area contributed by atoms with E-state index in [1.165, 1.54) is 11.8 Å². The molecule has 0 atom stereocenters. The van der Waals surface area contributed by atoms with Crippen molar-refractivity contribution in [3.05, 3.63) is 39.0 Å². The number of thioether (sulfide) groups is 1. The largest absolute Gasteiger partial charge is 0.222 e. The maximum atomic E-state index is 6.19.